The lowest BCUT2D eigenvalue weighted by Crippen LogP contribution is -2.41. The van der Waals surface area contributed by atoms with Crippen LogP contribution in [0.5, 0.6) is 5.75 Å². The van der Waals surface area contributed by atoms with Gasteiger partial charge in [0.2, 0.25) is 0 Å². The van der Waals surface area contributed by atoms with Crippen molar-refractivity contribution in [3.63, 3.8) is 0 Å². The summed E-state index contributed by atoms with van der Waals surface area (Å²) in [5.74, 6) is 0.240. The fourth-order valence-electron chi connectivity index (χ4n) is 3.12. The zero-order valence-electron chi connectivity index (χ0n) is 14.6. The fourth-order valence-corrected chi connectivity index (χ4v) is 3.72. The zero-order chi connectivity index (χ0) is 19.1. The molecule has 5 nitrogen and oxygen atoms in total. The third-order valence-electron chi connectivity index (χ3n) is 4.51. The SMILES string of the molecule is COc1ccc(C)cc1CN1C(=O)N[C@@](C)(c2ccc(Cl)cc2Cl)C1=O. The Balaban J connectivity index is 1.96. The molecule has 0 aromatic heterocycles. The predicted octanol–water partition coefficient (Wildman–Crippen LogP) is 4.28. The zero-order valence-corrected chi connectivity index (χ0v) is 16.1. The minimum absolute atomic E-state index is 0.107. The second kappa shape index (κ2) is 6.82. The molecule has 0 aliphatic carbocycles. The number of halogens is 2. The number of imide groups is 1. The highest BCUT2D eigenvalue weighted by atomic mass is 35.5. The normalized spacial score (nSPS) is 19.7. The van der Waals surface area contributed by atoms with Crippen LogP contribution in [0.3, 0.4) is 0 Å². The number of hydrogen-bond acceptors (Lipinski definition) is 3. The molecule has 1 aliphatic rings. The molecular weight excluding hydrogens is 375 g/mol. The molecule has 136 valence electrons. The Bertz CT molecular complexity index is 900. The Kier molecular flexibility index (Phi) is 4.86. The summed E-state index contributed by atoms with van der Waals surface area (Å²) < 4.78 is 5.34. The van der Waals surface area contributed by atoms with Crippen LogP contribution in [0.1, 0.15) is 23.6 Å². The van der Waals surface area contributed by atoms with Gasteiger partial charge in [0.1, 0.15) is 11.3 Å². The Labute approximate surface area is 161 Å². The fraction of sp³-hybridized carbons (Fsp3) is 0.263. The quantitative estimate of drug-likeness (QED) is 0.789. The van der Waals surface area contributed by atoms with Crippen LogP contribution in [0, 0.1) is 6.92 Å². The second-order valence-electron chi connectivity index (χ2n) is 6.39. The second-order valence-corrected chi connectivity index (χ2v) is 7.23. The number of carbonyl (C=O) groups excluding carboxylic acids is 2. The van der Waals surface area contributed by atoms with Gasteiger partial charge in [0, 0.05) is 21.2 Å². The van der Waals surface area contributed by atoms with Gasteiger partial charge in [0.15, 0.2) is 0 Å². The topological polar surface area (TPSA) is 58.6 Å². The van der Waals surface area contributed by atoms with Crippen molar-refractivity contribution < 1.29 is 14.3 Å². The van der Waals surface area contributed by atoms with Crippen LogP contribution in [0.25, 0.3) is 0 Å². The Morgan fingerprint density at radius 3 is 2.54 bits per heavy atom. The molecule has 1 fully saturated rings. The summed E-state index contributed by atoms with van der Waals surface area (Å²) in [4.78, 5) is 26.8. The van der Waals surface area contributed by atoms with Crippen LogP contribution in [0.4, 0.5) is 4.79 Å². The summed E-state index contributed by atoms with van der Waals surface area (Å²) in [6.45, 7) is 3.68. The van der Waals surface area contributed by atoms with Crippen molar-refractivity contribution in [3.8, 4) is 5.75 Å². The molecule has 7 heteroatoms. The Morgan fingerprint density at radius 1 is 1.15 bits per heavy atom. The van der Waals surface area contributed by atoms with Gasteiger partial charge in [-0.05, 0) is 32.0 Å². The molecule has 0 unspecified atom stereocenters. The third kappa shape index (κ3) is 3.13. The summed E-state index contributed by atoms with van der Waals surface area (Å²) in [6.07, 6.45) is 0. The van der Waals surface area contributed by atoms with E-state index in [0.29, 0.717) is 21.4 Å². The van der Waals surface area contributed by atoms with Crippen molar-refractivity contribution in [1.82, 2.24) is 10.2 Å². The van der Waals surface area contributed by atoms with Crippen LogP contribution in [0.15, 0.2) is 36.4 Å². The van der Waals surface area contributed by atoms with E-state index in [1.807, 2.05) is 25.1 Å². The van der Waals surface area contributed by atoms with Gasteiger partial charge in [-0.15, -0.1) is 0 Å². The van der Waals surface area contributed by atoms with Gasteiger partial charge in [-0.25, -0.2) is 4.79 Å². The number of amides is 3. The number of methoxy groups -OCH3 is 1. The Morgan fingerprint density at radius 2 is 1.88 bits per heavy atom. The molecule has 0 bridgehead atoms. The van der Waals surface area contributed by atoms with Crippen molar-refractivity contribution in [3.05, 3.63) is 63.1 Å². The average Bonchev–Trinajstić information content (AvgIpc) is 2.79. The van der Waals surface area contributed by atoms with Crippen LogP contribution < -0.4 is 10.1 Å². The van der Waals surface area contributed by atoms with E-state index >= 15 is 0 Å². The van der Waals surface area contributed by atoms with Gasteiger partial charge in [0.25, 0.3) is 5.91 Å². The number of carbonyl (C=O) groups is 2. The minimum Gasteiger partial charge on any atom is -0.496 e. The van der Waals surface area contributed by atoms with Gasteiger partial charge >= 0.3 is 6.03 Å². The molecule has 3 rings (SSSR count). The summed E-state index contributed by atoms with van der Waals surface area (Å²) >= 11 is 12.2. The summed E-state index contributed by atoms with van der Waals surface area (Å²) in [7, 11) is 1.55. The molecule has 1 saturated heterocycles. The van der Waals surface area contributed by atoms with Crippen LogP contribution in [-0.4, -0.2) is 23.9 Å². The maximum atomic E-state index is 13.1. The van der Waals surface area contributed by atoms with Crippen LogP contribution in [0.2, 0.25) is 10.0 Å². The Hall–Kier alpha value is -2.24. The molecule has 0 radical (unpaired) electrons. The minimum atomic E-state index is -1.25. The molecule has 2 aromatic carbocycles. The molecule has 2 aromatic rings. The number of ether oxygens (including phenoxy) is 1. The number of benzene rings is 2. The van der Waals surface area contributed by atoms with Crippen LogP contribution >= 0.6 is 23.2 Å². The molecule has 0 spiro atoms. The number of nitrogens with one attached hydrogen (secondary N) is 1. The molecular formula is C19H18Cl2N2O3. The highest BCUT2D eigenvalue weighted by Gasteiger charge is 2.50. The lowest BCUT2D eigenvalue weighted by molar-refractivity contribution is -0.131. The molecule has 1 N–H and O–H groups in total. The maximum Gasteiger partial charge on any atom is 0.325 e. The van der Waals surface area contributed by atoms with Crippen LogP contribution in [-0.2, 0) is 16.9 Å². The largest absolute Gasteiger partial charge is 0.496 e. The summed E-state index contributed by atoms with van der Waals surface area (Å²) in [6, 6.07) is 9.98. The number of aryl methyl sites for hydroxylation is 1. The smallest absolute Gasteiger partial charge is 0.325 e. The van der Waals surface area contributed by atoms with E-state index in [1.165, 1.54) is 4.90 Å². The van der Waals surface area contributed by atoms with Gasteiger partial charge in [-0.2, -0.15) is 0 Å². The molecule has 3 amide bonds. The predicted molar refractivity (Wildman–Crippen MR) is 101 cm³/mol. The van der Waals surface area contributed by atoms with Crippen molar-refractivity contribution in [2.45, 2.75) is 25.9 Å². The van der Waals surface area contributed by atoms with Crippen molar-refractivity contribution in [2.24, 2.45) is 0 Å². The number of nitrogens with zero attached hydrogens (tertiary/aromatic N) is 1. The highest BCUT2D eigenvalue weighted by Crippen LogP contribution is 2.36. The van der Waals surface area contributed by atoms with Crippen molar-refractivity contribution in [1.29, 1.82) is 0 Å². The van der Waals surface area contributed by atoms with E-state index in [9.17, 15) is 9.59 Å². The van der Waals surface area contributed by atoms with Crippen molar-refractivity contribution in [2.75, 3.05) is 7.11 Å². The van der Waals surface area contributed by atoms with Gasteiger partial charge < -0.3 is 10.1 Å². The molecule has 1 heterocycles. The summed E-state index contributed by atoms with van der Waals surface area (Å²) in [5.41, 5.74) is 1.01. The molecule has 1 aliphatic heterocycles. The third-order valence-corrected chi connectivity index (χ3v) is 5.06. The number of urea groups is 1. The van der Waals surface area contributed by atoms with E-state index in [2.05, 4.69) is 5.32 Å². The monoisotopic (exact) mass is 392 g/mol. The first-order valence-corrected chi connectivity index (χ1v) is 8.75. The summed E-state index contributed by atoms with van der Waals surface area (Å²) in [5, 5.41) is 3.53. The first kappa shape index (κ1) is 18.5. The molecule has 0 saturated carbocycles. The lowest BCUT2D eigenvalue weighted by atomic mass is 9.92. The average molecular weight is 393 g/mol. The lowest BCUT2D eigenvalue weighted by Gasteiger charge is -2.23. The standard InChI is InChI=1S/C19H18Cl2N2O3/c1-11-4-7-16(26-3)12(8-11)10-23-17(24)19(2,22-18(23)25)14-6-5-13(20)9-15(14)21/h4-9H,10H2,1-3H3,(H,22,25)/t19-/m0/s1. The highest BCUT2D eigenvalue weighted by molar-refractivity contribution is 6.35. The number of hydrogen-bond donors (Lipinski definition) is 1. The van der Waals surface area contributed by atoms with E-state index in [1.54, 1.807) is 32.2 Å². The maximum absolute atomic E-state index is 13.1. The first-order valence-electron chi connectivity index (χ1n) is 7.99. The molecule has 1 atom stereocenters. The van der Waals surface area contributed by atoms with E-state index in [0.717, 1.165) is 11.1 Å². The van der Waals surface area contributed by atoms with E-state index in [-0.39, 0.29) is 12.5 Å². The van der Waals surface area contributed by atoms with E-state index < -0.39 is 11.6 Å². The van der Waals surface area contributed by atoms with Gasteiger partial charge in [0.05, 0.1) is 13.7 Å². The van der Waals surface area contributed by atoms with E-state index in [4.69, 9.17) is 27.9 Å². The first-order chi connectivity index (χ1) is 12.3. The van der Waals surface area contributed by atoms with Gasteiger partial charge in [-0.3, -0.25) is 9.69 Å². The molecule has 26 heavy (non-hydrogen) atoms. The van der Waals surface area contributed by atoms with Gasteiger partial charge in [-0.1, -0.05) is 47.0 Å². The number of rotatable bonds is 4. The van der Waals surface area contributed by atoms with Crippen molar-refractivity contribution >= 4 is 35.1 Å².